The van der Waals surface area contributed by atoms with E-state index in [1.54, 1.807) is 25.3 Å². The van der Waals surface area contributed by atoms with Crippen LogP contribution in [0.15, 0.2) is 24.3 Å². The van der Waals surface area contributed by atoms with Crippen LogP contribution in [-0.4, -0.2) is 24.9 Å². The van der Waals surface area contributed by atoms with Crippen LogP contribution in [0.25, 0.3) is 0 Å². The summed E-state index contributed by atoms with van der Waals surface area (Å²) in [6.45, 7) is 1.85. The topological polar surface area (TPSA) is 29.5 Å². The third-order valence-corrected chi connectivity index (χ3v) is 2.58. The summed E-state index contributed by atoms with van der Waals surface area (Å²) in [7, 11) is 1.61. The highest BCUT2D eigenvalue weighted by Crippen LogP contribution is 2.23. The molecule has 0 aliphatic heterocycles. The maximum absolute atomic E-state index is 13.4. The fourth-order valence-electron chi connectivity index (χ4n) is 1.60. The molecule has 0 fully saturated rings. The zero-order valence-corrected chi connectivity index (χ0v) is 9.11. The molecule has 0 radical (unpaired) electrons. The maximum Gasteiger partial charge on any atom is 0.126 e. The lowest BCUT2D eigenvalue weighted by Gasteiger charge is -2.18. The molecule has 0 saturated heterocycles. The first kappa shape index (κ1) is 12.1. The van der Waals surface area contributed by atoms with Crippen LogP contribution in [0.5, 0.6) is 0 Å². The van der Waals surface area contributed by atoms with Gasteiger partial charge in [-0.3, -0.25) is 0 Å². The standard InChI is InChI=1S/C12H17FO2/c1-9(15-2)7-10(8-14)11-5-3-4-6-12(11)13/h3-6,9-10,14H,7-8H2,1-2H3. The Hall–Kier alpha value is -0.930. The van der Waals surface area contributed by atoms with Gasteiger partial charge in [0.1, 0.15) is 5.82 Å². The summed E-state index contributed by atoms with van der Waals surface area (Å²) < 4.78 is 18.5. The Morgan fingerprint density at radius 1 is 1.40 bits per heavy atom. The van der Waals surface area contributed by atoms with Crippen LogP contribution in [-0.2, 0) is 4.74 Å². The summed E-state index contributed by atoms with van der Waals surface area (Å²) in [5, 5.41) is 9.23. The van der Waals surface area contributed by atoms with Gasteiger partial charge in [-0.05, 0) is 25.0 Å². The van der Waals surface area contributed by atoms with E-state index in [2.05, 4.69) is 0 Å². The van der Waals surface area contributed by atoms with E-state index >= 15 is 0 Å². The van der Waals surface area contributed by atoms with E-state index in [1.165, 1.54) is 6.07 Å². The zero-order valence-electron chi connectivity index (χ0n) is 9.11. The van der Waals surface area contributed by atoms with Gasteiger partial charge in [0.05, 0.1) is 12.7 Å². The Balaban J connectivity index is 2.78. The fourth-order valence-corrected chi connectivity index (χ4v) is 1.60. The molecule has 0 heterocycles. The smallest absolute Gasteiger partial charge is 0.126 e. The van der Waals surface area contributed by atoms with Crippen LogP contribution in [0.1, 0.15) is 24.8 Å². The second kappa shape index (κ2) is 5.83. The molecular weight excluding hydrogens is 195 g/mol. The van der Waals surface area contributed by atoms with Crippen molar-refractivity contribution in [2.24, 2.45) is 0 Å². The number of aliphatic hydroxyl groups is 1. The van der Waals surface area contributed by atoms with E-state index < -0.39 is 0 Å². The van der Waals surface area contributed by atoms with Crippen molar-refractivity contribution in [3.05, 3.63) is 35.6 Å². The van der Waals surface area contributed by atoms with Gasteiger partial charge in [0, 0.05) is 13.0 Å². The van der Waals surface area contributed by atoms with E-state index in [1.807, 2.05) is 6.92 Å². The van der Waals surface area contributed by atoms with Crippen molar-refractivity contribution in [3.63, 3.8) is 0 Å². The van der Waals surface area contributed by atoms with Crippen molar-refractivity contribution in [3.8, 4) is 0 Å². The molecule has 2 atom stereocenters. The number of benzene rings is 1. The molecule has 0 bridgehead atoms. The third kappa shape index (κ3) is 3.29. The Bertz CT molecular complexity index is 301. The molecule has 0 aliphatic rings. The average Bonchev–Trinajstić information content (AvgIpc) is 2.26. The molecule has 3 heteroatoms. The molecule has 0 amide bonds. The van der Waals surface area contributed by atoms with Crippen LogP contribution in [0.2, 0.25) is 0 Å². The minimum Gasteiger partial charge on any atom is -0.396 e. The molecule has 0 aliphatic carbocycles. The monoisotopic (exact) mass is 212 g/mol. The van der Waals surface area contributed by atoms with Gasteiger partial charge in [0.25, 0.3) is 0 Å². The van der Waals surface area contributed by atoms with Gasteiger partial charge in [0.2, 0.25) is 0 Å². The molecular formula is C12H17FO2. The summed E-state index contributed by atoms with van der Waals surface area (Å²) in [5.74, 6) is -0.457. The van der Waals surface area contributed by atoms with Gasteiger partial charge in [-0.25, -0.2) is 4.39 Å². The van der Waals surface area contributed by atoms with Gasteiger partial charge in [-0.2, -0.15) is 0 Å². The number of hydrogen-bond acceptors (Lipinski definition) is 2. The van der Waals surface area contributed by atoms with Gasteiger partial charge in [-0.15, -0.1) is 0 Å². The van der Waals surface area contributed by atoms with Crippen LogP contribution in [0, 0.1) is 5.82 Å². The number of rotatable bonds is 5. The summed E-state index contributed by atoms with van der Waals surface area (Å²) in [5.41, 5.74) is 0.559. The number of ether oxygens (including phenoxy) is 1. The second-order valence-corrected chi connectivity index (χ2v) is 3.68. The molecule has 1 aromatic carbocycles. The van der Waals surface area contributed by atoms with E-state index in [4.69, 9.17) is 4.74 Å². The highest BCUT2D eigenvalue weighted by molar-refractivity contribution is 5.21. The van der Waals surface area contributed by atoms with Crippen molar-refractivity contribution in [1.29, 1.82) is 0 Å². The van der Waals surface area contributed by atoms with Gasteiger partial charge in [-0.1, -0.05) is 18.2 Å². The van der Waals surface area contributed by atoms with Crippen LogP contribution in [0.4, 0.5) is 4.39 Å². The average molecular weight is 212 g/mol. The van der Waals surface area contributed by atoms with Gasteiger partial charge >= 0.3 is 0 Å². The Kier molecular flexibility index (Phi) is 4.72. The van der Waals surface area contributed by atoms with Crippen LogP contribution < -0.4 is 0 Å². The highest BCUT2D eigenvalue weighted by atomic mass is 19.1. The highest BCUT2D eigenvalue weighted by Gasteiger charge is 2.17. The van der Waals surface area contributed by atoms with E-state index in [0.717, 1.165) is 0 Å². The molecule has 0 saturated carbocycles. The normalized spacial score (nSPS) is 14.9. The number of halogens is 1. The van der Waals surface area contributed by atoms with Crippen molar-refractivity contribution in [2.75, 3.05) is 13.7 Å². The molecule has 1 N–H and O–H groups in total. The first-order valence-electron chi connectivity index (χ1n) is 5.07. The minimum absolute atomic E-state index is 0.0155. The molecule has 1 aromatic rings. The predicted molar refractivity (Wildman–Crippen MR) is 57.3 cm³/mol. The van der Waals surface area contributed by atoms with E-state index in [-0.39, 0.29) is 24.4 Å². The maximum atomic E-state index is 13.4. The summed E-state index contributed by atoms with van der Waals surface area (Å²) in [6, 6.07) is 6.54. The number of aliphatic hydroxyl groups excluding tert-OH is 1. The largest absolute Gasteiger partial charge is 0.396 e. The lowest BCUT2D eigenvalue weighted by atomic mass is 9.94. The summed E-state index contributed by atoms with van der Waals surface area (Å²) in [4.78, 5) is 0. The molecule has 15 heavy (non-hydrogen) atoms. The van der Waals surface area contributed by atoms with Gasteiger partial charge in [0.15, 0.2) is 0 Å². The van der Waals surface area contributed by atoms with Crippen LogP contribution in [0.3, 0.4) is 0 Å². The van der Waals surface area contributed by atoms with Gasteiger partial charge < -0.3 is 9.84 Å². The summed E-state index contributed by atoms with van der Waals surface area (Å²) in [6.07, 6.45) is 0.634. The lowest BCUT2D eigenvalue weighted by Crippen LogP contribution is -2.15. The lowest BCUT2D eigenvalue weighted by molar-refractivity contribution is 0.0944. The van der Waals surface area contributed by atoms with Crippen molar-refractivity contribution < 1.29 is 14.2 Å². The van der Waals surface area contributed by atoms with Crippen molar-refractivity contribution in [1.82, 2.24) is 0 Å². The molecule has 2 nitrogen and oxygen atoms in total. The Morgan fingerprint density at radius 3 is 2.60 bits per heavy atom. The van der Waals surface area contributed by atoms with Crippen molar-refractivity contribution >= 4 is 0 Å². The Morgan fingerprint density at radius 2 is 2.07 bits per heavy atom. The first-order chi connectivity index (χ1) is 7.19. The Labute approximate surface area is 89.7 Å². The molecule has 0 aromatic heterocycles. The molecule has 84 valence electrons. The van der Waals surface area contributed by atoms with E-state index in [0.29, 0.717) is 12.0 Å². The van der Waals surface area contributed by atoms with Crippen LogP contribution >= 0.6 is 0 Å². The van der Waals surface area contributed by atoms with E-state index in [9.17, 15) is 9.50 Å². The fraction of sp³-hybridized carbons (Fsp3) is 0.500. The molecule has 1 rings (SSSR count). The predicted octanol–water partition coefficient (Wildman–Crippen LogP) is 2.33. The van der Waals surface area contributed by atoms with Crippen molar-refractivity contribution in [2.45, 2.75) is 25.4 Å². The third-order valence-electron chi connectivity index (χ3n) is 2.58. The quantitative estimate of drug-likeness (QED) is 0.811. The zero-order chi connectivity index (χ0) is 11.3. The number of methoxy groups -OCH3 is 1. The summed E-state index contributed by atoms with van der Waals surface area (Å²) >= 11 is 0. The molecule has 0 spiro atoms. The SMILES string of the molecule is COC(C)CC(CO)c1ccccc1F. The minimum atomic E-state index is -0.264. The molecule has 2 unspecified atom stereocenters. The second-order valence-electron chi connectivity index (χ2n) is 3.68. The number of hydrogen-bond donors (Lipinski definition) is 1. The first-order valence-corrected chi connectivity index (χ1v) is 5.07.